The van der Waals surface area contributed by atoms with Gasteiger partial charge in [-0.05, 0) is 49.6 Å². The Kier molecular flexibility index (Phi) is 3.62. The molecule has 0 bridgehead atoms. The lowest BCUT2D eigenvalue weighted by atomic mass is 9.93. The van der Waals surface area contributed by atoms with Crippen molar-refractivity contribution in [2.45, 2.75) is 33.2 Å². The molecule has 1 aliphatic rings. The minimum Gasteiger partial charge on any atom is -0.371 e. The molecule has 0 saturated carbocycles. The van der Waals surface area contributed by atoms with E-state index in [0.29, 0.717) is 5.41 Å². The molecule has 0 aromatic heterocycles. The first-order valence-corrected chi connectivity index (χ1v) is 6.64. The van der Waals surface area contributed by atoms with Crippen LogP contribution < -0.4 is 10.2 Å². The highest BCUT2D eigenvalue weighted by Crippen LogP contribution is 2.36. The van der Waals surface area contributed by atoms with Gasteiger partial charge < -0.3 is 10.2 Å². The first kappa shape index (κ1) is 13.3. The standard InChI is InChI=1S/C15H23FN2/c1-11(17-4)13-9-12(16)5-6-14(13)18-8-7-15(2,3)10-18/h5-6,9,11,17H,7-8,10H2,1-4H3. The fourth-order valence-corrected chi connectivity index (χ4v) is 2.63. The molecule has 1 fully saturated rings. The van der Waals surface area contributed by atoms with Crippen LogP contribution in [0.4, 0.5) is 10.1 Å². The van der Waals surface area contributed by atoms with Gasteiger partial charge in [0.1, 0.15) is 5.82 Å². The van der Waals surface area contributed by atoms with Crippen LogP contribution in [0.25, 0.3) is 0 Å². The Morgan fingerprint density at radius 3 is 2.67 bits per heavy atom. The largest absolute Gasteiger partial charge is 0.371 e. The summed E-state index contributed by atoms with van der Waals surface area (Å²) in [5, 5.41) is 3.20. The lowest BCUT2D eigenvalue weighted by Gasteiger charge is -2.26. The molecule has 1 aliphatic heterocycles. The van der Waals surface area contributed by atoms with Crippen LogP contribution in [0.3, 0.4) is 0 Å². The van der Waals surface area contributed by atoms with Crippen LogP contribution in [0.1, 0.15) is 38.8 Å². The highest BCUT2D eigenvalue weighted by atomic mass is 19.1. The van der Waals surface area contributed by atoms with Crippen molar-refractivity contribution in [3.05, 3.63) is 29.6 Å². The van der Waals surface area contributed by atoms with E-state index in [9.17, 15) is 4.39 Å². The maximum Gasteiger partial charge on any atom is 0.123 e. The smallest absolute Gasteiger partial charge is 0.123 e. The van der Waals surface area contributed by atoms with Gasteiger partial charge in [0, 0.05) is 24.8 Å². The van der Waals surface area contributed by atoms with Gasteiger partial charge in [-0.2, -0.15) is 0 Å². The van der Waals surface area contributed by atoms with Crippen molar-refractivity contribution in [2.24, 2.45) is 5.41 Å². The van der Waals surface area contributed by atoms with E-state index in [-0.39, 0.29) is 11.9 Å². The number of halogens is 1. The Labute approximate surface area is 109 Å². The molecule has 1 aromatic carbocycles. The zero-order valence-corrected chi connectivity index (χ0v) is 11.8. The Morgan fingerprint density at radius 2 is 2.11 bits per heavy atom. The SMILES string of the molecule is CNC(C)c1cc(F)ccc1N1CCC(C)(C)C1. The fourth-order valence-electron chi connectivity index (χ4n) is 2.63. The predicted octanol–water partition coefficient (Wildman–Crippen LogP) is 3.34. The molecule has 100 valence electrons. The van der Waals surface area contributed by atoms with E-state index >= 15 is 0 Å². The molecular formula is C15H23FN2. The summed E-state index contributed by atoms with van der Waals surface area (Å²) in [6.45, 7) is 8.75. The van der Waals surface area contributed by atoms with E-state index in [1.165, 1.54) is 12.1 Å². The van der Waals surface area contributed by atoms with E-state index in [4.69, 9.17) is 0 Å². The molecule has 0 amide bonds. The Morgan fingerprint density at radius 1 is 1.39 bits per heavy atom. The van der Waals surface area contributed by atoms with Gasteiger partial charge in [0.2, 0.25) is 0 Å². The van der Waals surface area contributed by atoms with E-state index in [1.807, 2.05) is 13.1 Å². The van der Waals surface area contributed by atoms with Crippen LogP contribution in [-0.2, 0) is 0 Å². The van der Waals surface area contributed by atoms with Crippen molar-refractivity contribution in [3.63, 3.8) is 0 Å². The molecule has 18 heavy (non-hydrogen) atoms. The molecular weight excluding hydrogens is 227 g/mol. The number of nitrogens with zero attached hydrogens (tertiary/aromatic N) is 1. The maximum absolute atomic E-state index is 13.4. The minimum absolute atomic E-state index is 0.158. The highest BCUT2D eigenvalue weighted by Gasteiger charge is 2.30. The molecule has 2 rings (SSSR count). The Hall–Kier alpha value is -1.09. The van der Waals surface area contributed by atoms with Crippen LogP contribution in [0.15, 0.2) is 18.2 Å². The summed E-state index contributed by atoms with van der Waals surface area (Å²) in [5.74, 6) is -0.158. The van der Waals surface area contributed by atoms with Gasteiger partial charge in [0.25, 0.3) is 0 Å². The first-order chi connectivity index (χ1) is 8.43. The minimum atomic E-state index is -0.158. The number of nitrogens with one attached hydrogen (secondary N) is 1. The van der Waals surface area contributed by atoms with Crippen molar-refractivity contribution in [2.75, 3.05) is 25.0 Å². The third-order valence-electron chi connectivity index (χ3n) is 3.91. The Balaban J connectivity index is 2.33. The van der Waals surface area contributed by atoms with Crippen molar-refractivity contribution in [1.82, 2.24) is 5.32 Å². The van der Waals surface area contributed by atoms with Gasteiger partial charge in [0.15, 0.2) is 0 Å². The summed E-state index contributed by atoms with van der Waals surface area (Å²) < 4.78 is 13.4. The van der Waals surface area contributed by atoms with Gasteiger partial charge in [-0.3, -0.25) is 0 Å². The molecule has 0 aliphatic carbocycles. The van der Waals surface area contributed by atoms with E-state index < -0.39 is 0 Å². The van der Waals surface area contributed by atoms with E-state index in [0.717, 1.165) is 18.7 Å². The maximum atomic E-state index is 13.4. The zero-order valence-electron chi connectivity index (χ0n) is 11.8. The molecule has 1 atom stereocenters. The van der Waals surface area contributed by atoms with Crippen molar-refractivity contribution < 1.29 is 4.39 Å². The summed E-state index contributed by atoms with van der Waals surface area (Å²) in [5.41, 5.74) is 2.58. The second-order valence-corrected chi connectivity index (χ2v) is 6.05. The molecule has 1 heterocycles. The molecule has 1 unspecified atom stereocenters. The normalized spacial score (nSPS) is 20.2. The zero-order chi connectivity index (χ0) is 13.3. The fraction of sp³-hybridized carbons (Fsp3) is 0.600. The molecule has 0 spiro atoms. The number of anilines is 1. The summed E-state index contributed by atoms with van der Waals surface area (Å²) in [7, 11) is 1.91. The van der Waals surface area contributed by atoms with Gasteiger partial charge in [-0.1, -0.05) is 13.8 Å². The predicted molar refractivity (Wildman–Crippen MR) is 74.5 cm³/mol. The summed E-state index contributed by atoms with van der Waals surface area (Å²) >= 11 is 0. The van der Waals surface area contributed by atoms with Gasteiger partial charge in [-0.25, -0.2) is 4.39 Å². The van der Waals surface area contributed by atoms with Gasteiger partial charge in [-0.15, -0.1) is 0 Å². The monoisotopic (exact) mass is 250 g/mol. The van der Waals surface area contributed by atoms with Crippen LogP contribution >= 0.6 is 0 Å². The third kappa shape index (κ3) is 2.66. The number of hydrogen-bond donors (Lipinski definition) is 1. The lowest BCUT2D eigenvalue weighted by molar-refractivity contribution is 0.418. The summed E-state index contributed by atoms with van der Waals surface area (Å²) in [6.07, 6.45) is 1.19. The second-order valence-electron chi connectivity index (χ2n) is 6.05. The molecule has 0 radical (unpaired) electrons. The lowest BCUT2D eigenvalue weighted by Crippen LogP contribution is -2.25. The molecule has 3 heteroatoms. The number of benzene rings is 1. The molecule has 2 nitrogen and oxygen atoms in total. The average Bonchev–Trinajstić information content (AvgIpc) is 2.68. The highest BCUT2D eigenvalue weighted by molar-refractivity contribution is 5.56. The first-order valence-electron chi connectivity index (χ1n) is 6.64. The summed E-state index contributed by atoms with van der Waals surface area (Å²) in [4.78, 5) is 2.38. The Bertz CT molecular complexity index is 429. The molecule has 1 saturated heterocycles. The van der Waals surface area contributed by atoms with E-state index in [1.54, 1.807) is 12.1 Å². The number of rotatable bonds is 3. The molecule has 1 aromatic rings. The van der Waals surface area contributed by atoms with Gasteiger partial charge >= 0.3 is 0 Å². The quantitative estimate of drug-likeness (QED) is 0.885. The summed E-state index contributed by atoms with van der Waals surface area (Å²) in [6, 6.07) is 5.30. The van der Waals surface area contributed by atoms with Crippen molar-refractivity contribution in [3.8, 4) is 0 Å². The van der Waals surface area contributed by atoms with Crippen LogP contribution in [0.5, 0.6) is 0 Å². The second kappa shape index (κ2) is 4.88. The van der Waals surface area contributed by atoms with Crippen molar-refractivity contribution >= 4 is 5.69 Å². The topological polar surface area (TPSA) is 15.3 Å². The van der Waals surface area contributed by atoms with E-state index in [2.05, 4.69) is 31.0 Å². The van der Waals surface area contributed by atoms with Crippen LogP contribution in [-0.4, -0.2) is 20.1 Å². The van der Waals surface area contributed by atoms with Crippen LogP contribution in [0, 0.1) is 11.2 Å². The van der Waals surface area contributed by atoms with Crippen molar-refractivity contribution in [1.29, 1.82) is 0 Å². The van der Waals surface area contributed by atoms with Gasteiger partial charge in [0.05, 0.1) is 0 Å². The third-order valence-corrected chi connectivity index (χ3v) is 3.91. The number of hydrogen-bond acceptors (Lipinski definition) is 2. The molecule has 1 N–H and O–H groups in total. The van der Waals surface area contributed by atoms with Crippen LogP contribution in [0.2, 0.25) is 0 Å². The average molecular weight is 250 g/mol.